The molecule has 0 atom stereocenters. The largest absolute Gasteiger partial charge is 0.497 e. The lowest BCUT2D eigenvalue weighted by atomic mass is 10.1. The van der Waals surface area contributed by atoms with E-state index in [1.165, 1.54) is 16.7 Å². The van der Waals surface area contributed by atoms with E-state index in [0.717, 1.165) is 45.3 Å². The van der Waals surface area contributed by atoms with Gasteiger partial charge in [-0.3, -0.25) is 24.0 Å². The van der Waals surface area contributed by atoms with E-state index < -0.39 is 17.3 Å². The summed E-state index contributed by atoms with van der Waals surface area (Å²) in [5.41, 5.74) is 1.17. The fourth-order valence-electron chi connectivity index (χ4n) is 6.02. The Morgan fingerprint density at radius 3 is 2.46 bits per heavy atom. The number of para-hydroxylation sites is 2. The van der Waals surface area contributed by atoms with Crippen molar-refractivity contribution in [1.82, 2.24) is 19.4 Å². The van der Waals surface area contributed by atoms with Gasteiger partial charge in [0, 0.05) is 54.7 Å². The zero-order valence-electron chi connectivity index (χ0n) is 28.6. The van der Waals surface area contributed by atoms with Crippen molar-refractivity contribution >= 4 is 33.5 Å². The number of aromatic nitrogens is 3. The Morgan fingerprint density at radius 2 is 1.69 bits per heavy atom. The van der Waals surface area contributed by atoms with Gasteiger partial charge in [-0.2, -0.15) is 0 Å². The molecule has 12 nitrogen and oxygen atoms in total. The predicted molar refractivity (Wildman–Crippen MR) is 194 cm³/mol. The van der Waals surface area contributed by atoms with Crippen molar-refractivity contribution in [2.75, 3.05) is 59.0 Å². The van der Waals surface area contributed by atoms with Gasteiger partial charge in [0.2, 0.25) is 0 Å². The van der Waals surface area contributed by atoms with Crippen molar-refractivity contribution in [2.24, 2.45) is 0 Å². The van der Waals surface area contributed by atoms with Gasteiger partial charge >= 0.3 is 0 Å². The van der Waals surface area contributed by atoms with E-state index >= 15 is 4.39 Å². The maximum absolute atomic E-state index is 15.5. The molecule has 266 valence electrons. The summed E-state index contributed by atoms with van der Waals surface area (Å²) in [6.07, 6.45) is 2.40. The molecule has 0 unspecified atom stereocenters. The van der Waals surface area contributed by atoms with Crippen molar-refractivity contribution < 1.29 is 32.9 Å². The van der Waals surface area contributed by atoms with E-state index in [0.29, 0.717) is 57.2 Å². The number of morpholine rings is 1. The van der Waals surface area contributed by atoms with Crippen molar-refractivity contribution in [1.29, 1.82) is 0 Å². The minimum Gasteiger partial charge on any atom is -0.497 e. The molecule has 1 N–H and O–H groups in total. The molecule has 1 fully saturated rings. The van der Waals surface area contributed by atoms with Gasteiger partial charge in [0.15, 0.2) is 28.8 Å². The molecule has 0 saturated carbocycles. The number of fused-ring (bicyclic) bond motifs is 2. The summed E-state index contributed by atoms with van der Waals surface area (Å²) in [6, 6.07) is 23.0. The first-order chi connectivity index (χ1) is 25.4. The molecule has 0 spiro atoms. The maximum Gasteiger partial charge on any atom is 0.287 e. The summed E-state index contributed by atoms with van der Waals surface area (Å²) in [7, 11) is 3.10. The summed E-state index contributed by atoms with van der Waals surface area (Å²) in [6.45, 7) is 4.75. The number of anilines is 1. The number of rotatable bonds is 12. The molecule has 1 aliphatic rings. The van der Waals surface area contributed by atoms with Crippen molar-refractivity contribution in [2.45, 2.75) is 6.42 Å². The molecule has 7 rings (SSSR count). The summed E-state index contributed by atoms with van der Waals surface area (Å²) in [4.78, 5) is 38.3. The van der Waals surface area contributed by atoms with Gasteiger partial charge < -0.3 is 29.0 Å². The molecule has 3 heterocycles. The minimum atomic E-state index is -0.794. The van der Waals surface area contributed by atoms with Gasteiger partial charge in [-0.1, -0.05) is 12.1 Å². The first-order valence-corrected chi connectivity index (χ1v) is 16.8. The van der Waals surface area contributed by atoms with Crippen LogP contribution in [0, 0.1) is 5.82 Å². The van der Waals surface area contributed by atoms with E-state index in [1.807, 2.05) is 0 Å². The SMILES string of the molecule is COc1ccc(-n2c(=O)c(C(=O)Nc3ccc(Oc4ccnc5cc(OCCCN6CCOCC6)c(OC)cc45)c(F)c3)nc3ccccc32)cc1. The number of halogens is 1. The van der Waals surface area contributed by atoms with Gasteiger partial charge in [-0.05, 0) is 67.1 Å². The van der Waals surface area contributed by atoms with E-state index in [1.54, 1.807) is 87.1 Å². The van der Waals surface area contributed by atoms with Crippen LogP contribution < -0.4 is 29.8 Å². The lowest BCUT2D eigenvalue weighted by Crippen LogP contribution is -2.37. The first-order valence-electron chi connectivity index (χ1n) is 16.8. The van der Waals surface area contributed by atoms with Crippen molar-refractivity contribution in [3.05, 3.63) is 113 Å². The van der Waals surface area contributed by atoms with Crippen molar-refractivity contribution in [3.63, 3.8) is 0 Å². The quantitative estimate of drug-likeness (QED) is 0.146. The van der Waals surface area contributed by atoms with Crippen LogP contribution in [0.15, 0.2) is 95.9 Å². The fraction of sp³-hybridized carbons (Fsp3) is 0.231. The lowest BCUT2D eigenvalue weighted by molar-refractivity contribution is 0.0357. The van der Waals surface area contributed by atoms with Gasteiger partial charge in [0.1, 0.15) is 11.5 Å². The van der Waals surface area contributed by atoms with Gasteiger partial charge in [0.25, 0.3) is 11.5 Å². The second kappa shape index (κ2) is 15.5. The molecular formula is C39H36FN5O7. The van der Waals surface area contributed by atoms with E-state index in [-0.39, 0.29) is 17.1 Å². The Hall–Kier alpha value is -6.05. The number of amides is 1. The molecular weight excluding hydrogens is 669 g/mol. The smallest absolute Gasteiger partial charge is 0.287 e. The van der Waals surface area contributed by atoms with Gasteiger partial charge in [-0.15, -0.1) is 0 Å². The fourth-order valence-corrected chi connectivity index (χ4v) is 6.02. The molecule has 52 heavy (non-hydrogen) atoms. The third-order valence-corrected chi connectivity index (χ3v) is 8.68. The number of benzene rings is 4. The van der Waals surface area contributed by atoms with Crippen LogP contribution >= 0.6 is 0 Å². The normalized spacial score (nSPS) is 13.2. The van der Waals surface area contributed by atoms with Crippen LogP contribution in [-0.4, -0.2) is 79.0 Å². The number of nitrogens with zero attached hydrogens (tertiary/aromatic N) is 4. The number of methoxy groups -OCH3 is 2. The predicted octanol–water partition coefficient (Wildman–Crippen LogP) is 6.24. The molecule has 6 aromatic rings. The molecule has 1 aliphatic heterocycles. The Bertz CT molecular complexity index is 2290. The summed E-state index contributed by atoms with van der Waals surface area (Å²) >= 11 is 0. The summed E-state index contributed by atoms with van der Waals surface area (Å²) < 4.78 is 45.2. The molecule has 0 radical (unpaired) electrons. The molecule has 0 bridgehead atoms. The standard InChI is InChI=1S/C39H36FN5O7/c1-48-27-11-9-26(10-12-27)45-32-7-4-3-6-30(32)43-37(39(45)47)38(46)42-25-8-13-34(29(40)22-25)52-33-14-15-41-31-24-36(35(49-2)23-28(31)33)51-19-5-16-44-17-20-50-21-18-44/h3-4,6-15,22-24H,5,16-21H2,1-2H3,(H,42,46). The number of carbonyl (C=O) groups excluding carboxylic acids is 1. The summed E-state index contributed by atoms with van der Waals surface area (Å²) in [5.74, 6) is 0.378. The number of hydrogen-bond acceptors (Lipinski definition) is 10. The van der Waals surface area contributed by atoms with Crippen LogP contribution in [-0.2, 0) is 4.74 Å². The molecule has 13 heteroatoms. The Balaban J connectivity index is 1.08. The van der Waals surface area contributed by atoms with Crippen LogP contribution in [0.3, 0.4) is 0 Å². The number of nitrogens with one attached hydrogen (secondary N) is 1. The van der Waals surface area contributed by atoms with E-state index in [4.69, 9.17) is 23.7 Å². The zero-order chi connectivity index (χ0) is 36.0. The number of ether oxygens (including phenoxy) is 5. The molecule has 2 aromatic heterocycles. The Kier molecular flexibility index (Phi) is 10.2. The molecule has 4 aromatic carbocycles. The molecule has 0 aliphatic carbocycles. The second-order valence-corrected chi connectivity index (χ2v) is 12.0. The molecule has 1 saturated heterocycles. The van der Waals surface area contributed by atoms with Crippen LogP contribution in [0.5, 0.6) is 28.7 Å². The topological polar surface area (TPSA) is 126 Å². The van der Waals surface area contributed by atoms with Crippen LogP contribution in [0.4, 0.5) is 10.1 Å². The number of carbonyl (C=O) groups is 1. The highest BCUT2D eigenvalue weighted by Crippen LogP contribution is 2.38. The highest BCUT2D eigenvalue weighted by Gasteiger charge is 2.20. The van der Waals surface area contributed by atoms with E-state index in [2.05, 4.69) is 20.2 Å². The Labute approximate surface area is 298 Å². The van der Waals surface area contributed by atoms with Crippen LogP contribution in [0.1, 0.15) is 16.9 Å². The van der Waals surface area contributed by atoms with Crippen LogP contribution in [0.25, 0.3) is 27.6 Å². The average Bonchev–Trinajstić information content (AvgIpc) is 3.17. The Morgan fingerprint density at radius 1 is 0.885 bits per heavy atom. The van der Waals surface area contributed by atoms with Gasteiger partial charge in [0.05, 0.1) is 50.6 Å². The monoisotopic (exact) mass is 705 g/mol. The van der Waals surface area contributed by atoms with Gasteiger partial charge in [-0.25, -0.2) is 9.37 Å². The third kappa shape index (κ3) is 7.36. The minimum absolute atomic E-state index is 0.0846. The first kappa shape index (κ1) is 34.4. The highest BCUT2D eigenvalue weighted by atomic mass is 19.1. The zero-order valence-corrected chi connectivity index (χ0v) is 28.6. The van der Waals surface area contributed by atoms with Crippen LogP contribution in [0.2, 0.25) is 0 Å². The third-order valence-electron chi connectivity index (χ3n) is 8.68. The summed E-state index contributed by atoms with van der Waals surface area (Å²) in [5, 5.41) is 3.19. The number of hydrogen-bond donors (Lipinski definition) is 1. The number of pyridine rings is 1. The van der Waals surface area contributed by atoms with E-state index in [9.17, 15) is 9.59 Å². The maximum atomic E-state index is 15.5. The lowest BCUT2D eigenvalue weighted by Gasteiger charge is -2.26. The molecule has 1 amide bonds. The average molecular weight is 706 g/mol. The highest BCUT2D eigenvalue weighted by molar-refractivity contribution is 6.03. The second-order valence-electron chi connectivity index (χ2n) is 12.0. The van der Waals surface area contributed by atoms with Crippen molar-refractivity contribution in [3.8, 4) is 34.4 Å².